The average molecular weight is 270 g/mol. The molecule has 0 aromatic carbocycles. The van der Waals surface area contributed by atoms with Crippen molar-refractivity contribution >= 4 is 11.6 Å². The number of ether oxygens (including phenoxy) is 1. The number of ketones is 2. The first kappa shape index (κ1) is 18.3. The zero-order chi connectivity index (χ0) is 15.1. The topological polar surface area (TPSA) is 43.4 Å². The maximum atomic E-state index is 11.5. The highest BCUT2D eigenvalue weighted by atomic mass is 16.5. The molecule has 0 aliphatic heterocycles. The van der Waals surface area contributed by atoms with Gasteiger partial charge in [-0.3, -0.25) is 9.59 Å². The summed E-state index contributed by atoms with van der Waals surface area (Å²) in [5.41, 5.74) is -0.621. The first-order valence-electron chi connectivity index (χ1n) is 7.27. The monoisotopic (exact) mass is 270 g/mol. The van der Waals surface area contributed by atoms with Gasteiger partial charge < -0.3 is 4.74 Å². The highest BCUT2D eigenvalue weighted by Gasteiger charge is 2.25. The van der Waals surface area contributed by atoms with E-state index in [1.54, 1.807) is 6.92 Å². The summed E-state index contributed by atoms with van der Waals surface area (Å²) >= 11 is 0. The van der Waals surface area contributed by atoms with Crippen molar-refractivity contribution in [1.82, 2.24) is 0 Å². The van der Waals surface area contributed by atoms with E-state index in [9.17, 15) is 9.59 Å². The second kappa shape index (κ2) is 7.78. The van der Waals surface area contributed by atoms with Crippen LogP contribution in [0.1, 0.15) is 73.6 Å². The lowest BCUT2D eigenvalue weighted by Gasteiger charge is -2.28. The molecule has 3 nitrogen and oxygen atoms in total. The van der Waals surface area contributed by atoms with Gasteiger partial charge >= 0.3 is 0 Å². The van der Waals surface area contributed by atoms with Gasteiger partial charge in [0.15, 0.2) is 0 Å². The minimum atomic E-state index is -0.325. The summed E-state index contributed by atoms with van der Waals surface area (Å²) in [4.78, 5) is 22.9. The fourth-order valence-electron chi connectivity index (χ4n) is 1.67. The van der Waals surface area contributed by atoms with Crippen LogP contribution in [-0.2, 0) is 14.3 Å². The van der Waals surface area contributed by atoms with Gasteiger partial charge in [0.25, 0.3) is 0 Å². The van der Waals surface area contributed by atoms with E-state index in [-0.39, 0.29) is 16.8 Å². The zero-order valence-corrected chi connectivity index (χ0v) is 13.5. The molecule has 0 aromatic heterocycles. The van der Waals surface area contributed by atoms with Crippen molar-refractivity contribution in [3.8, 4) is 0 Å². The molecule has 0 N–H and O–H groups in total. The Labute approximate surface area is 118 Å². The van der Waals surface area contributed by atoms with Gasteiger partial charge in [-0.15, -0.1) is 0 Å². The van der Waals surface area contributed by atoms with Gasteiger partial charge in [0, 0.05) is 24.9 Å². The second-order valence-corrected chi connectivity index (χ2v) is 6.59. The summed E-state index contributed by atoms with van der Waals surface area (Å²) in [6.45, 7) is 12.1. The summed E-state index contributed by atoms with van der Waals surface area (Å²) < 4.78 is 5.84. The standard InChI is InChI=1S/C16H30O3/c1-7-8-14(18)9-10-16(5,6)19-12-11-15(3,4)13(2)17/h7-12H2,1-6H3. The molecule has 0 radical (unpaired) electrons. The summed E-state index contributed by atoms with van der Waals surface area (Å²) in [6, 6.07) is 0. The molecule has 112 valence electrons. The largest absolute Gasteiger partial charge is 0.376 e. The fourth-order valence-corrected chi connectivity index (χ4v) is 1.67. The minimum absolute atomic E-state index is 0.187. The van der Waals surface area contributed by atoms with Gasteiger partial charge in [-0.1, -0.05) is 20.8 Å². The summed E-state index contributed by atoms with van der Waals surface area (Å²) in [5.74, 6) is 0.496. The number of hydrogen-bond donors (Lipinski definition) is 0. The van der Waals surface area contributed by atoms with Gasteiger partial charge in [0.05, 0.1) is 5.60 Å². The molecule has 0 saturated heterocycles. The minimum Gasteiger partial charge on any atom is -0.376 e. The van der Waals surface area contributed by atoms with Crippen LogP contribution in [0.25, 0.3) is 0 Å². The highest BCUT2D eigenvalue weighted by Crippen LogP contribution is 2.24. The molecule has 0 spiro atoms. The van der Waals surface area contributed by atoms with E-state index < -0.39 is 0 Å². The Hall–Kier alpha value is -0.700. The Morgan fingerprint density at radius 3 is 2.05 bits per heavy atom. The molecular weight excluding hydrogens is 240 g/mol. The Morgan fingerprint density at radius 1 is 1.00 bits per heavy atom. The summed E-state index contributed by atoms with van der Waals surface area (Å²) in [7, 11) is 0. The lowest BCUT2D eigenvalue weighted by atomic mass is 9.85. The van der Waals surface area contributed by atoms with Crippen molar-refractivity contribution < 1.29 is 14.3 Å². The van der Waals surface area contributed by atoms with E-state index in [4.69, 9.17) is 4.74 Å². The third-order valence-electron chi connectivity index (χ3n) is 3.71. The van der Waals surface area contributed by atoms with E-state index in [1.807, 2.05) is 34.6 Å². The maximum Gasteiger partial charge on any atom is 0.135 e. The predicted molar refractivity (Wildman–Crippen MR) is 78.3 cm³/mol. The van der Waals surface area contributed by atoms with Gasteiger partial charge in [0.1, 0.15) is 11.6 Å². The van der Waals surface area contributed by atoms with Gasteiger partial charge in [-0.2, -0.15) is 0 Å². The SMILES string of the molecule is CCCC(=O)CCC(C)(C)OCCC(C)(C)C(C)=O. The molecule has 0 fully saturated rings. The predicted octanol–water partition coefficient (Wildman–Crippen LogP) is 3.94. The summed E-state index contributed by atoms with van der Waals surface area (Å²) in [5, 5.41) is 0. The van der Waals surface area contributed by atoms with E-state index in [0.717, 1.165) is 12.8 Å². The molecule has 0 rings (SSSR count). The van der Waals surface area contributed by atoms with Crippen molar-refractivity contribution in [1.29, 1.82) is 0 Å². The second-order valence-electron chi connectivity index (χ2n) is 6.59. The van der Waals surface area contributed by atoms with E-state index >= 15 is 0 Å². The molecule has 0 atom stereocenters. The number of carbonyl (C=O) groups excluding carboxylic acids is 2. The van der Waals surface area contributed by atoms with Gasteiger partial charge in [0.2, 0.25) is 0 Å². The zero-order valence-electron chi connectivity index (χ0n) is 13.5. The van der Waals surface area contributed by atoms with Crippen molar-refractivity contribution in [3.05, 3.63) is 0 Å². The van der Waals surface area contributed by atoms with E-state index in [0.29, 0.717) is 31.7 Å². The molecule has 19 heavy (non-hydrogen) atoms. The van der Waals surface area contributed by atoms with Crippen molar-refractivity contribution in [2.24, 2.45) is 5.41 Å². The smallest absolute Gasteiger partial charge is 0.135 e. The van der Waals surface area contributed by atoms with E-state index in [1.165, 1.54) is 0 Å². The lowest BCUT2D eigenvalue weighted by molar-refractivity contribution is -0.127. The van der Waals surface area contributed by atoms with Crippen LogP contribution in [0.4, 0.5) is 0 Å². The Kier molecular flexibility index (Phi) is 7.50. The van der Waals surface area contributed by atoms with Crippen LogP contribution in [0.2, 0.25) is 0 Å². The summed E-state index contributed by atoms with van der Waals surface area (Å²) in [6.07, 6.45) is 3.61. The number of rotatable bonds is 10. The van der Waals surface area contributed by atoms with Crippen molar-refractivity contribution in [2.75, 3.05) is 6.61 Å². The van der Waals surface area contributed by atoms with Crippen LogP contribution >= 0.6 is 0 Å². The first-order valence-corrected chi connectivity index (χ1v) is 7.27. The maximum absolute atomic E-state index is 11.5. The number of Topliss-reactive ketones (excluding diaryl/α,β-unsaturated/α-hetero) is 2. The quantitative estimate of drug-likeness (QED) is 0.604. The van der Waals surface area contributed by atoms with Crippen LogP contribution in [0.15, 0.2) is 0 Å². The van der Waals surface area contributed by atoms with Crippen molar-refractivity contribution in [3.63, 3.8) is 0 Å². The van der Waals surface area contributed by atoms with Crippen LogP contribution in [0.5, 0.6) is 0 Å². The Morgan fingerprint density at radius 2 is 1.58 bits per heavy atom. The molecule has 0 aliphatic rings. The normalized spacial score (nSPS) is 12.5. The van der Waals surface area contributed by atoms with E-state index in [2.05, 4.69) is 0 Å². The first-order chi connectivity index (χ1) is 8.60. The van der Waals surface area contributed by atoms with Crippen LogP contribution in [-0.4, -0.2) is 23.8 Å². The van der Waals surface area contributed by atoms with Gasteiger partial charge in [-0.25, -0.2) is 0 Å². The molecular formula is C16H30O3. The molecule has 0 unspecified atom stereocenters. The van der Waals surface area contributed by atoms with Crippen molar-refractivity contribution in [2.45, 2.75) is 79.2 Å². The molecule has 0 heterocycles. The van der Waals surface area contributed by atoms with Gasteiger partial charge in [-0.05, 0) is 40.0 Å². The third kappa shape index (κ3) is 8.14. The number of hydrogen-bond acceptors (Lipinski definition) is 3. The molecule has 3 heteroatoms. The molecule has 0 bridgehead atoms. The molecule has 0 aliphatic carbocycles. The van der Waals surface area contributed by atoms with Crippen LogP contribution < -0.4 is 0 Å². The molecule has 0 saturated carbocycles. The third-order valence-corrected chi connectivity index (χ3v) is 3.71. The molecule has 0 amide bonds. The Bertz CT molecular complexity index is 303. The molecule has 0 aromatic rings. The highest BCUT2D eigenvalue weighted by molar-refractivity contribution is 5.81. The number of carbonyl (C=O) groups is 2. The lowest BCUT2D eigenvalue weighted by Crippen LogP contribution is -2.29. The van der Waals surface area contributed by atoms with Crippen LogP contribution in [0, 0.1) is 5.41 Å². The Balaban J connectivity index is 4.03. The fraction of sp³-hybridized carbons (Fsp3) is 0.875. The average Bonchev–Trinajstić information content (AvgIpc) is 2.26. The van der Waals surface area contributed by atoms with Crippen LogP contribution in [0.3, 0.4) is 0 Å².